The van der Waals surface area contributed by atoms with Crippen molar-refractivity contribution in [3.63, 3.8) is 0 Å². The monoisotopic (exact) mass is 422 g/mol. The zero-order valence-electron chi connectivity index (χ0n) is 17.6. The number of nitrogens with one attached hydrogen (secondary N) is 2. The highest BCUT2D eigenvalue weighted by molar-refractivity contribution is 5.97. The van der Waals surface area contributed by atoms with Gasteiger partial charge in [0.15, 0.2) is 5.76 Å². The van der Waals surface area contributed by atoms with Crippen LogP contribution in [0.4, 0.5) is 0 Å². The van der Waals surface area contributed by atoms with E-state index in [4.69, 9.17) is 14.9 Å². The summed E-state index contributed by atoms with van der Waals surface area (Å²) < 4.78 is 10.0. The van der Waals surface area contributed by atoms with Crippen molar-refractivity contribution in [1.82, 2.24) is 15.5 Å². The predicted molar refractivity (Wildman–Crippen MR) is 107 cm³/mol. The molecule has 0 aromatic carbocycles. The first kappa shape index (κ1) is 23.4. The molecular weight excluding hydrogens is 392 g/mol. The minimum atomic E-state index is -0.891. The zero-order chi connectivity index (χ0) is 22.3. The van der Waals surface area contributed by atoms with E-state index in [0.717, 1.165) is 0 Å². The van der Waals surface area contributed by atoms with Crippen LogP contribution in [0.2, 0.25) is 0 Å². The Balaban J connectivity index is 2.18. The molecule has 3 atom stereocenters. The van der Waals surface area contributed by atoms with Crippen LogP contribution in [0.1, 0.15) is 43.7 Å². The van der Waals surface area contributed by atoms with Gasteiger partial charge in [-0.25, -0.2) is 0 Å². The van der Waals surface area contributed by atoms with Crippen molar-refractivity contribution in [2.75, 3.05) is 20.3 Å². The van der Waals surface area contributed by atoms with Gasteiger partial charge >= 0.3 is 0 Å². The third-order valence-corrected chi connectivity index (χ3v) is 4.91. The molecule has 0 bridgehead atoms. The van der Waals surface area contributed by atoms with Crippen molar-refractivity contribution in [1.29, 1.82) is 0 Å². The maximum absolute atomic E-state index is 13.1. The average molecular weight is 422 g/mol. The molecule has 1 aliphatic heterocycles. The number of piperidine rings is 1. The molecule has 1 aromatic rings. The molecule has 3 unspecified atom stereocenters. The van der Waals surface area contributed by atoms with E-state index < -0.39 is 29.8 Å². The molecule has 0 radical (unpaired) electrons. The molecule has 4 N–H and O–H groups in total. The Kier molecular flexibility index (Phi) is 8.40. The van der Waals surface area contributed by atoms with Crippen LogP contribution >= 0.6 is 0 Å². The van der Waals surface area contributed by atoms with Crippen molar-refractivity contribution >= 4 is 23.6 Å². The van der Waals surface area contributed by atoms with Gasteiger partial charge in [0.2, 0.25) is 17.7 Å². The number of hydrogen-bond donors (Lipinski definition) is 3. The van der Waals surface area contributed by atoms with Gasteiger partial charge in [0.05, 0.1) is 6.26 Å². The molecular formula is C20H30N4O6. The first-order chi connectivity index (χ1) is 14.2. The molecule has 1 fully saturated rings. The normalized spacial score (nSPS) is 19.9. The predicted octanol–water partition coefficient (Wildman–Crippen LogP) is 0.0316. The Labute approximate surface area is 175 Å². The first-order valence-electron chi connectivity index (χ1n) is 9.95. The number of methoxy groups -OCH3 is 1. The highest BCUT2D eigenvalue weighted by Gasteiger charge is 2.39. The SMILES string of the molecule is COCC(=O)NC1CCN(C(=O)c2ccco2)C(C(=O)NC(CC(C)C)C(N)=O)C1. The van der Waals surface area contributed by atoms with Gasteiger partial charge in [-0.1, -0.05) is 13.8 Å². The lowest BCUT2D eigenvalue weighted by molar-refractivity contribution is -0.132. The fourth-order valence-corrected chi connectivity index (χ4v) is 3.52. The van der Waals surface area contributed by atoms with Crippen molar-refractivity contribution in [2.24, 2.45) is 11.7 Å². The molecule has 1 saturated heterocycles. The standard InChI is InChI=1S/C20H30N4O6/c1-12(2)9-14(18(21)26)23-19(27)15-10-13(22-17(25)11-29-3)6-7-24(15)20(28)16-5-4-8-30-16/h4-5,8,12-15H,6-7,9-11H2,1-3H3,(H2,21,26)(H,22,25)(H,23,27). The summed E-state index contributed by atoms with van der Waals surface area (Å²) in [5.41, 5.74) is 5.44. The van der Waals surface area contributed by atoms with Gasteiger partial charge in [-0.3, -0.25) is 19.2 Å². The van der Waals surface area contributed by atoms with Gasteiger partial charge in [0.25, 0.3) is 5.91 Å². The molecule has 166 valence electrons. The molecule has 10 heteroatoms. The van der Waals surface area contributed by atoms with E-state index in [2.05, 4.69) is 10.6 Å². The van der Waals surface area contributed by atoms with Crippen molar-refractivity contribution in [3.8, 4) is 0 Å². The Morgan fingerprint density at radius 1 is 1.33 bits per heavy atom. The van der Waals surface area contributed by atoms with E-state index in [1.165, 1.54) is 24.3 Å². The van der Waals surface area contributed by atoms with Crippen LogP contribution in [0.25, 0.3) is 0 Å². The second-order valence-corrected chi connectivity index (χ2v) is 7.81. The summed E-state index contributed by atoms with van der Waals surface area (Å²) >= 11 is 0. The van der Waals surface area contributed by atoms with E-state index in [1.54, 1.807) is 6.07 Å². The number of amides is 4. The highest BCUT2D eigenvalue weighted by atomic mass is 16.5. The van der Waals surface area contributed by atoms with Gasteiger partial charge in [-0.2, -0.15) is 0 Å². The van der Waals surface area contributed by atoms with Crippen molar-refractivity contribution < 1.29 is 28.3 Å². The van der Waals surface area contributed by atoms with Crippen LogP contribution in [0.5, 0.6) is 0 Å². The number of carbonyl (C=O) groups is 4. The van der Waals surface area contributed by atoms with Crippen LogP contribution in [-0.4, -0.2) is 66.9 Å². The molecule has 10 nitrogen and oxygen atoms in total. The maximum Gasteiger partial charge on any atom is 0.290 e. The summed E-state index contributed by atoms with van der Waals surface area (Å²) in [6.07, 6.45) is 2.43. The maximum atomic E-state index is 13.1. The third kappa shape index (κ3) is 6.31. The Hall–Kier alpha value is -2.88. The van der Waals surface area contributed by atoms with Crippen molar-refractivity contribution in [2.45, 2.75) is 51.2 Å². The summed E-state index contributed by atoms with van der Waals surface area (Å²) in [5, 5.41) is 5.48. The van der Waals surface area contributed by atoms with Gasteiger partial charge in [0.1, 0.15) is 18.7 Å². The average Bonchev–Trinajstić information content (AvgIpc) is 3.21. The minimum Gasteiger partial charge on any atom is -0.459 e. The number of furan rings is 1. The molecule has 0 saturated carbocycles. The van der Waals surface area contributed by atoms with E-state index >= 15 is 0 Å². The van der Waals surface area contributed by atoms with Crippen LogP contribution < -0.4 is 16.4 Å². The molecule has 1 aliphatic rings. The van der Waals surface area contributed by atoms with E-state index in [1.807, 2.05) is 13.8 Å². The fourth-order valence-electron chi connectivity index (χ4n) is 3.52. The summed E-state index contributed by atoms with van der Waals surface area (Å²) in [4.78, 5) is 51.0. The van der Waals surface area contributed by atoms with Crippen LogP contribution in [-0.2, 0) is 19.1 Å². The fraction of sp³-hybridized carbons (Fsp3) is 0.600. The Bertz CT molecular complexity index is 748. The quantitative estimate of drug-likeness (QED) is 0.512. The van der Waals surface area contributed by atoms with Crippen LogP contribution in [0, 0.1) is 5.92 Å². The number of hydrogen-bond acceptors (Lipinski definition) is 6. The highest BCUT2D eigenvalue weighted by Crippen LogP contribution is 2.21. The largest absolute Gasteiger partial charge is 0.459 e. The van der Waals surface area contributed by atoms with E-state index in [9.17, 15) is 19.2 Å². The van der Waals surface area contributed by atoms with E-state index in [-0.39, 0.29) is 43.2 Å². The van der Waals surface area contributed by atoms with Gasteiger partial charge < -0.3 is 30.4 Å². The molecule has 1 aromatic heterocycles. The molecule has 2 rings (SSSR count). The molecule has 0 aliphatic carbocycles. The van der Waals surface area contributed by atoms with E-state index in [0.29, 0.717) is 12.8 Å². The van der Waals surface area contributed by atoms with Crippen LogP contribution in [0.3, 0.4) is 0 Å². The number of likely N-dealkylation sites (tertiary alicyclic amines) is 1. The topological polar surface area (TPSA) is 144 Å². The number of nitrogens with two attached hydrogens (primary N) is 1. The van der Waals surface area contributed by atoms with Crippen LogP contribution in [0.15, 0.2) is 22.8 Å². The molecule has 0 spiro atoms. The third-order valence-electron chi connectivity index (χ3n) is 4.91. The molecule has 4 amide bonds. The Morgan fingerprint density at radius 3 is 2.63 bits per heavy atom. The molecule has 30 heavy (non-hydrogen) atoms. The minimum absolute atomic E-state index is 0.0967. The zero-order valence-corrected chi connectivity index (χ0v) is 17.6. The van der Waals surface area contributed by atoms with Gasteiger partial charge in [-0.05, 0) is 37.3 Å². The smallest absolute Gasteiger partial charge is 0.290 e. The van der Waals surface area contributed by atoms with Crippen molar-refractivity contribution in [3.05, 3.63) is 24.2 Å². The van der Waals surface area contributed by atoms with Gasteiger partial charge in [-0.15, -0.1) is 0 Å². The summed E-state index contributed by atoms with van der Waals surface area (Å²) in [5.74, 6) is -1.62. The summed E-state index contributed by atoms with van der Waals surface area (Å²) in [7, 11) is 1.42. The van der Waals surface area contributed by atoms with Gasteiger partial charge in [0, 0.05) is 19.7 Å². The second kappa shape index (κ2) is 10.8. The number of ether oxygens (including phenoxy) is 1. The number of nitrogens with zero attached hydrogens (tertiary/aromatic N) is 1. The lowest BCUT2D eigenvalue weighted by Gasteiger charge is -2.38. The molecule has 2 heterocycles. The number of rotatable bonds is 9. The first-order valence-corrected chi connectivity index (χ1v) is 9.95. The summed E-state index contributed by atoms with van der Waals surface area (Å²) in [6, 6.07) is 1.06. The summed E-state index contributed by atoms with van der Waals surface area (Å²) in [6.45, 7) is 3.97. The number of carbonyl (C=O) groups excluding carboxylic acids is 4. The second-order valence-electron chi connectivity index (χ2n) is 7.81. The number of primary amides is 1. The lowest BCUT2D eigenvalue weighted by Crippen LogP contribution is -2.59. The Morgan fingerprint density at radius 2 is 2.07 bits per heavy atom. The lowest BCUT2D eigenvalue weighted by atomic mass is 9.95.